The summed E-state index contributed by atoms with van der Waals surface area (Å²) in [5.41, 5.74) is 2.37. The molecule has 0 aliphatic carbocycles. The summed E-state index contributed by atoms with van der Waals surface area (Å²) >= 11 is 0. The van der Waals surface area contributed by atoms with Crippen molar-refractivity contribution < 1.29 is 13.6 Å². The predicted molar refractivity (Wildman–Crippen MR) is 97.9 cm³/mol. The predicted octanol–water partition coefficient (Wildman–Crippen LogP) is 3.62. The molecule has 0 saturated heterocycles. The van der Waals surface area contributed by atoms with Gasteiger partial charge < -0.3 is 4.90 Å². The van der Waals surface area contributed by atoms with Gasteiger partial charge in [-0.15, -0.1) is 5.10 Å². The Morgan fingerprint density at radius 3 is 2.75 bits per heavy atom. The van der Waals surface area contributed by atoms with Gasteiger partial charge in [0.05, 0.1) is 6.04 Å². The van der Waals surface area contributed by atoms with E-state index in [0.29, 0.717) is 18.5 Å². The number of amides is 1. The molecular weight excluding hydrogens is 362 g/mol. The van der Waals surface area contributed by atoms with E-state index >= 15 is 0 Å². The Hall–Kier alpha value is -3.09. The summed E-state index contributed by atoms with van der Waals surface area (Å²) < 4.78 is 30.2. The fourth-order valence-electron chi connectivity index (χ4n) is 4.08. The number of halogens is 2. The van der Waals surface area contributed by atoms with Gasteiger partial charge in [-0.3, -0.25) is 4.79 Å². The van der Waals surface area contributed by atoms with Gasteiger partial charge in [-0.2, -0.15) is 0 Å². The van der Waals surface area contributed by atoms with Gasteiger partial charge >= 0.3 is 0 Å². The summed E-state index contributed by atoms with van der Waals surface area (Å²) in [7, 11) is 0. The fourth-order valence-corrected chi connectivity index (χ4v) is 4.08. The zero-order valence-electron chi connectivity index (χ0n) is 15.1. The first-order chi connectivity index (χ1) is 13.6. The lowest BCUT2D eigenvalue weighted by Gasteiger charge is -2.28. The number of hydrogen-bond donors (Lipinski definition) is 0. The third-order valence-corrected chi connectivity index (χ3v) is 5.54. The Balaban J connectivity index is 1.43. The van der Waals surface area contributed by atoms with Gasteiger partial charge in [0.1, 0.15) is 5.82 Å². The van der Waals surface area contributed by atoms with Crippen LogP contribution in [-0.4, -0.2) is 32.1 Å². The van der Waals surface area contributed by atoms with E-state index in [4.69, 9.17) is 0 Å². The SMILES string of the molecule is O=C(c1nc2n(n1)C(c1ccccc1)CC2F)N1CCc2cccc(F)c2C1. The number of benzene rings is 2. The summed E-state index contributed by atoms with van der Waals surface area (Å²) in [6.45, 7) is 0.631. The van der Waals surface area contributed by atoms with Crippen LogP contribution < -0.4 is 0 Å². The first-order valence-electron chi connectivity index (χ1n) is 9.33. The van der Waals surface area contributed by atoms with E-state index in [1.165, 1.54) is 15.6 Å². The van der Waals surface area contributed by atoms with Crippen LogP contribution in [0.3, 0.4) is 0 Å². The van der Waals surface area contributed by atoms with Crippen molar-refractivity contribution >= 4 is 5.91 Å². The number of carbonyl (C=O) groups excluding carboxylic acids is 1. The number of rotatable bonds is 2. The van der Waals surface area contributed by atoms with Gasteiger partial charge in [-0.05, 0) is 23.6 Å². The quantitative estimate of drug-likeness (QED) is 0.682. The zero-order valence-corrected chi connectivity index (χ0v) is 15.1. The molecule has 5 nitrogen and oxygen atoms in total. The fraction of sp³-hybridized carbons (Fsp3) is 0.286. The van der Waals surface area contributed by atoms with Gasteiger partial charge in [0.25, 0.3) is 5.91 Å². The Labute approximate surface area is 160 Å². The van der Waals surface area contributed by atoms with Crippen molar-refractivity contribution in [1.29, 1.82) is 0 Å². The third kappa shape index (κ3) is 2.69. The molecule has 3 aromatic rings. The molecule has 2 atom stereocenters. The second-order valence-corrected chi connectivity index (χ2v) is 7.22. The smallest absolute Gasteiger partial charge is 0.293 e. The molecule has 5 rings (SSSR count). The number of alkyl halides is 1. The molecule has 1 amide bonds. The van der Waals surface area contributed by atoms with E-state index < -0.39 is 12.1 Å². The van der Waals surface area contributed by atoms with Crippen LogP contribution in [0, 0.1) is 5.82 Å². The van der Waals surface area contributed by atoms with Gasteiger partial charge in [0, 0.05) is 25.1 Å². The molecule has 28 heavy (non-hydrogen) atoms. The number of fused-ring (bicyclic) bond motifs is 2. The lowest BCUT2D eigenvalue weighted by Crippen LogP contribution is -2.37. The highest BCUT2D eigenvalue weighted by atomic mass is 19.1. The van der Waals surface area contributed by atoms with Crippen molar-refractivity contribution in [2.24, 2.45) is 0 Å². The summed E-state index contributed by atoms with van der Waals surface area (Å²) in [6.07, 6.45) is -0.431. The molecule has 0 N–H and O–H groups in total. The lowest BCUT2D eigenvalue weighted by atomic mass is 9.99. The number of nitrogens with zero attached hydrogens (tertiary/aromatic N) is 4. The van der Waals surface area contributed by atoms with Crippen LogP contribution in [0.1, 0.15) is 51.8 Å². The average Bonchev–Trinajstić information content (AvgIpc) is 3.29. The normalized spacial score (nSPS) is 20.7. The highest BCUT2D eigenvalue weighted by Gasteiger charge is 2.37. The maximum absolute atomic E-state index is 14.5. The molecule has 2 aromatic carbocycles. The summed E-state index contributed by atoms with van der Waals surface area (Å²) in [4.78, 5) is 18.6. The Morgan fingerprint density at radius 2 is 1.93 bits per heavy atom. The highest BCUT2D eigenvalue weighted by Crippen LogP contribution is 2.39. The van der Waals surface area contributed by atoms with Crippen molar-refractivity contribution in [3.8, 4) is 0 Å². The van der Waals surface area contributed by atoms with Crippen molar-refractivity contribution in [2.45, 2.75) is 31.6 Å². The summed E-state index contributed by atoms with van der Waals surface area (Å²) in [5.74, 6) is -0.558. The van der Waals surface area contributed by atoms with Crippen LogP contribution in [0.25, 0.3) is 0 Å². The molecule has 0 radical (unpaired) electrons. The minimum absolute atomic E-state index is 0.0296. The first kappa shape index (κ1) is 17.0. The topological polar surface area (TPSA) is 51.0 Å². The number of aromatic nitrogens is 3. The van der Waals surface area contributed by atoms with Crippen molar-refractivity contribution in [1.82, 2.24) is 19.7 Å². The van der Waals surface area contributed by atoms with E-state index in [1.54, 1.807) is 6.07 Å². The summed E-state index contributed by atoms with van der Waals surface area (Å²) in [5, 5.41) is 4.33. The van der Waals surface area contributed by atoms with Gasteiger partial charge in [0.2, 0.25) is 5.82 Å². The van der Waals surface area contributed by atoms with E-state index in [1.807, 2.05) is 36.4 Å². The molecule has 2 aliphatic heterocycles. The van der Waals surface area contributed by atoms with Crippen LogP contribution in [-0.2, 0) is 13.0 Å². The van der Waals surface area contributed by atoms with Crippen LogP contribution >= 0.6 is 0 Å². The van der Waals surface area contributed by atoms with E-state index in [0.717, 1.165) is 11.1 Å². The third-order valence-electron chi connectivity index (χ3n) is 5.54. The molecule has 3 heterocycles. The molecule has 1 aromatic heterocycles. The second kappa shape index (κ2) is 6.51. The van der Waals surface area contributed by atoms with Crippen molar-refractivity contribution in [3.05, 3.63) is 82.7 Å². The minimum Gasteiger partial charge on any atom is -0.331 e. The van der Waals surface area contributed by atoms with Crippen molar-refractivity contribution in [3.63, 3.8) is 0 Å². The van der Waals surface area contributed by atoms with Gasteiger partial charge in [0.15, 0.2) is 12.0 Å². The largest absolute Gasteiger partial charge is 0.331 e. The van der Waals surface area contributed by atoms with Gasteiger partial charge in [-0.1, -0.05) is 42.5 Å². The monoisotopic (exact) mass is 380 g/mol. The van der Waals surface area contributed by atoms with Crippen molar-refractivity contribution in [2.75, 3.05) is 6.54 Å². The summed E-state index contributed by atoms with van der Waals surface area (Å²) in [6, 6.07) is 14.2. The maximum atomic E-state index is 14.5. The maximum Gasteiger partial charge on any atom is 0.293 e. The van der Waals surface area contributed by atoms with Crippen LogP contribution in [0.4, 0.5) is 8.78 Å². The van der Waals surface area contributed by atoms with Gasteiger partial charge in [-0.25, -0.2) is 18.4 Å². The van der Waals surface area contributed by atoms with Crippen LogP contribution in [0.5, 0.6) is 0 Å². The van der Waals surface area contributed by atoms with E-state index in [-0.39, 0.29) is 36.5 Å². The average molecular weight is 380 g/mol. The molecule has 2 unspecified atom stereocenters. The Bertz CT molecular complexity index is 1050. The zero-order chi connectivity index (χ0) is 19.3. The van der Waals surface area contributed by atoms with E-state index in [9.17, 15) is 13.6 Å². The van der Waals surface area contributed by atoms with Crippen LogP contribution in [0.15, 0.2) is 48.5 Å². The molecule has 2 aliphatic rings. The lowest BCUT2D eigenvalue weighted by molar-refractivity contribution is 0.0719. The first-order valence-corrected chi connectivity index (χ1v) is 9.33. The molecule has 0 fully saturated rings. The second-order valence-electron chi connectivity index (χ2n) is 7.22. The minimum atomic E-state index is -1.27. The molecule has 0 bridgehead atoms. The molecule has 0 spiro atoms. The number of carbonyl (C=O) groups is 1. The molecule has 142 valence electrons. The highest BCUT2D eigenvalue weighted by molar-refractivity contribution is 5.90. The van der Waals surface area contributed by atoms with Crippen LogP contribution in [0.2, 0.25) is 0 Å². The molecule has 7 heteroatoms. The number of hydrogen-bond acceptors (Lipinski definition) is 3. The molecule has 0 saturated carbocycles. The Kier molecular flexibility index (Phi) is 3.96. The molecular formula is C21H18F2N4O. The standard InChI is InChI=1S/C21H18F2N4O/c22-16-8-4-7-13-9-10-26(12-15(13)16)21(28)19-24-20-17(23)11-18(27(20)25-19)14-5-2-1-3-6-14/h1-8,17-18H,9-12H2. The van der Waals surface area contributed by atoms with E-state index in [2.05, 4.69) is 10.1 Å². The Morgan fingerprint density at radius 1 is 1.11 bits per heavy atom.